The lowest BCUT2D eigenvalue weighted by Crippen LogP contribution is -2.05. The van der Waals surface area contributed by atoms with E-state index in [0.717, 1.165) is 16.5 Å². The molecule has 0 aliphatic carbocycles. The van der Waals surface area contributed by atoms with E-state index in [1.807, 2.05) is 61.5 Å². The van der Waals surface area contributed by atoms with Crippen LogP contribution in [0.15, 0.2) is 54.6 Å². The van der Waals surface area contributed by atoms with E-state index in [0.29, 0.717) is 5.88 Å². The van der Waals surface area contributed by atoms with E-state index in [9.17, 15) is 0 Å². The monoisotopic (exact) mass is 284 g/mol. The molecule has 0 amide bonds. The third-order valence-electron chi connectivity index (χ3n) is 3.10. The van der Waals surface area contributed by atoms with Gasteiger partial charge in [-0.25, -0.2) is 4.98 Å². The van der Waals surface area contributed by atoms with Crippen LogP contribution in [-0.4, -0.2) is 9.97 Å². The van der Waals surface area contributed by atoms with E-state index >= 15 is 0 Å². The molecule has 1 aromatic heterocycles. The van der Waals surface area contributed by atoms with Crippen LogP contribution in [0.1, 0.15) is 18.6 Å². The van der Waals surface area contributed by atoms with E-state index in [2.05, 4.69) is 9.97 Å². The molecule has 0 spiro atoms. The molecule has 3 aromatic rings. The average molecular weight is 285 g/mol. The van der Waals surface area contributed by atoms with Gasteiger partial charge in [0, 0.05) is 0 Å². The quantitative estimate of drug-likeness (QED) is 0.668. The number of rotatable bonds is 3. The van der Waals surface area contributed by atoms with Gasteiger partial charge in [-0.3, -0.25) is 0 Å². The maximum Gasteiger partial charge on any atom is 0.226 e. The third-order valence-corrected chi connectivity index (χ3v) is 3.27. The molecule has 1 heterocycles. The molecule has 0 saturated heterocycles. The Morgan fingerprint density at radius 2 is 1.65 bits per heavy atom. The summed E-state index contributed by atoms with van der Waals surface area (Å²) in [4.78, 5) is 8.39. The van der Waals surface area contributed by atoms with Crippen LogP contribution >= 0.6 is 11.6 Å². The lowest BCUT2D eigenvalue weighted by molar-refractivity contribution is 0.220. The fraction of sp³-hybridized carbons (Fsp3) is 0.125. The number of aromatic nitrogens is 2. The number of hydrogen-bond donors (Lipinski definition) is 0. The standard InChI is InChI=1S/C16H13ClN2O/c1-11(12-7-3-2-4-8-12)20-15-13-9-5-6-10-14(13)18-16(17)19-15/h2-11H,1H3. The van der Waals surface area contributed by atoms with Crippen LogP contribution in [-0.2, 0) is 0 Å². The lowest BCUT2D eigenvalue weighted by atomic mass is 10.1. The molecule has 0 fully saturated rings. The van der Waals surface area contributed by atoms with Crippen LogP contribution in [0, 0.1) is 0 Å². The van der Waals surface area contributed by atoms with Crippen molar-refractivity contribution in [3.63, 3.8) is 0 Å². The Kier molecular flexibility index (Phi) is 3.52. The van der Waals surface area contributed by atoms with E-state index in [-0.39, 0.29) is 11.4 Å². The number of halogens is 1. The lowest BCUT2D eigenvalue weighted by Gasteiger charge is -2.15. The molecule has 20 heavy (non-hydrogen) atoms. The SMILES string of the molecule is CC(Oc1nc(Cl)nc2ccccc12)c1ccccc1. The first-order valence-corrected chi connectivity index (χ1v) is 6.76. The Balaban J connectivity index is 1.98. The second-order valence-electron chi connectivity index (χ2n) is 4.49. The fourth-order valence-electron chi connectivity index (χ4n) is 2.07. The second-order valence-corrected chi connectivity index (χ2v) is 4.82. The maximum atomic E-state index is 5.96. The Morgan fingerprint density at radius 1 is 0.950 bits per heavy atom. The molecule has 4 heteroatoms. The van der Waals surface area contributed by atoms with Crippen molar-refractivity contribution in [1.82, 2.24) is 9.97 Å². The molecule has 3 rings (SSSR count). The molecule has 1 unspecified atom stereocenters. The molecular formula is C16H13ClN2O. The number of benzene rings is 2. The molecule has 0 N–H and O–H groups in total. The van der Waals surface area contributed by atoms with Gasteiger partial charge in [-0.05, 0) is 36.2 Å². The van der Waals surface area contributed by atoms with E-state index < -0.39 is 0 Å². The topological polar surface area (TPSA) is 35.0 Å². The number of ether oxygens (including phenoxy) is 1. The highest BCUT2D eigenvalue weighted by Crippen LogP contribution is 2.28. The summed E-state index contributed by atoms with van der Waals surface area (Å²) in [6.07, 6.45) is -0.106. The van der Waals surface area contributed by atoms with Gasteiger partial charge >= 0.3 is 0 Å². The van der Waals surface area contributed by atoms with Crippen molar-refractivity contribution in [1.29, 1.82) is 0 Å². The molecule has 0 saturated carbocycles. The molecule has 100 valence electrons. The van der Waals surface area contributed by atoms with Crippen molar-refractivity contribution in [2.24, 2.45) is 0 Å². The number of para-hydroxylation sites is 1. The predicted octanol–water partition coefficient (Wildman–Crippen LogP) is 4.42. The summed E-state index contributed by atoms with van der Waals surface area (Å²) < 4.78 is 5.96. The van der Waals surface area contributed by atoms with Crippen molar-refractivity contribution in [2.75, 3.05) is 0 Å². The third kappa shape index (κ3) is 2.58. The summed E-state index contributed by atoms with van der Waals surface area (Å²) in [7, 11) is 0. The highest BCUT2D eigenvalue weighted by atomic mass is 35.5. The number of fused-ring (bicyclic) bond motifs is 1. The Labute approximate surface area is 122 Å². The van der Waals surface area contributed by atoms with Crippen LogP contribution in [0.5, 0.6) is 5.88 Å². The molecule has 2 aromatic carbocycles. The van der Waals surface area contributed by atoms with Gasteiger partial charge in [0.15, 0.2) is 0 Å². The summed E-state index contributed by atoms with van der Waals surface area (Å²) in [5.41, 5.74) is 1.87. The normalized spacial score (nSPS) is 12.3. The summed E-state index contributed by atoms with van der Waals surface area (Å²) >= 11 is 5.95. The first kappa shape index (κ1) is 12.9. The zero-order valence-corrected chi connectivity index (χ0v) is 11.7. The van der Waals surface area contributed by atoms with Crippen molar-refractivity contribution in [2.45, 2.75) is 13.0 Å². The summed E-state index contributed by atoms with van der Waals surface area (Å²) in [5.74, 6) is 0.511. The van der Waals surface area contributed by atoms with Crippen LogP contribution in [0.4, 0.5) is 0 Å². The minimum atomic E-state index is -0.106. The summed E-state index contributed by atoms with van der Waals surface area (Å²) in [5, 5.41) is 1.05. The molecule has 1 atom stereocenters. The van der Waals surface area contributed by atoms with Gasteiger partial charge in [-0.15, -0.1) is 0 Å². The summed E-state index contributed by atoms with van der Waals surface area (Å²) in [6, 6.07) is 17.7. The van der Waals surface area contributed by atoms with Gasteiger partial charge in [-0.1, -0.05) is 42.5 Å². The van der Waals surface area contributed by atoms with Gasteiger partial charge in [0.1, 0.15) is 6.10 Å². The second kappa shape index (κ2) is 5.47. The molecule has 0 radical (unpaired) electrons. The first-order valence-electron chi connectivity index (χ1n) is 6.38. The highest BCUT2D eigenvalue weighted by molar-refractivity contribution is 6.28. The van der Waals surface area contributed by atoms with Crippen LogP contribution in [0.25, 0.3) is 10.9 Å². The molecule has 0 aliphatic rings. The van der Waals surface area contributed by atoms with Crippen molar-refractivity contribution in [3.8, 4) is 5.88 Å². The Morgan fingerprint density at radius 3 is 2.45 bits per heavy atom. The molecule has 0 aliphatic heterocycles. The van der Waals surface area contributed by atoms with Crippen LogP contribution in [0.3, 0.4) is 0 Å². The zero-order valence-electron chi connectivity index (χ0n) is 11.0. The Bertz CT molecular complexity index is 731. The van der Waals surface area contributed by atoms with Gasteiger partial charge in [0.25, 0.3) is 0 Å². The Hall–Kier alpha value is -2.13. The minimum Gasteiger partial charge on any atom is -0.469 e. The van der Waals surface area contributed by atoms with E-state index in [1.165, 1.54) is 0 Å². The van der Waals surface area contributed by atoms with Gasteiger partial charge < -0.3 is 4.74 Å². The fourth-order valence-corrected chi connectivity index (χ4v) is 2.24. The van der Waals surface area contributed by atoms with E-state index in [4.69, 9.17) is 16.3 Å². The molecule has 3 nitrogen and oxygen atoms in total. The van der Waals surface area contributed by atoms with Crippen molar-refractivity contribution < 1.29 is 4.74 Å². The molecular weight excluding hydrogens is 272 g/mol. The first-order chi connectivity index (χ1) is 9.74. The average Bonchev–Trinajstić information content (AvgIpc) is 2.48. The maximum absolute atomic E-state index is 5.96. The molecule has 0 bridgehead atoms. The number of nitrogens with zero attached hydrogens (tertiary/aromatic N) is 2. The zero-order chi connectivity index (χ0) is 13.9. The minimum absolute atomic E-state index is 0.106. The highest BCUT2D eigenvalue weighted by Gasteiger charge is 2.12. The van der Waals surface area contributed by atoms with Crippen molar-refractivity contribution >= 4 is 22.5 Å². The van der Waals surface area contributed by atoms with Gasteiger partial charge in [-0.2, -0.15) is 4.98 Å². The van der Waals surface area contributed by atoms with E-state index in [1.54, 1.807) is 0 Å². The predicted molar refractivity (Wildman–Crippen MR) is 80.0 cm³/mol. The number of hydrogen-bond acceptors (Lipinski definition) is 3. The largest absolute Gasteiger partial charge is 0.469 e. The van der Waals surface area contributed by atoms with Crippen LogP contribution < -0.4 is 4.74 Å². The van der Waals surface area contributed by atoms with Gasteiger partial charge in [0.2, 0.25) is 11.2 Å². The van der Waals surface area contributed by atoms with Crippen molar-refractivity contribution in [3.05, 3.63) is 65.4 Å². The van der Waals surface area contributed by atoms with Crippen LogP contribution in [0.2, 0.25) is 5.28 Å². The summed E-state index contributed by atoms with van der Waals surface area (Å²) in [6.45, 7) is 1.99. The van der Waals surface area contributed by atoms with Gasteiger partial charge in [0.05, 0.1) is 10.9 Å². The smallest absolute Gasteiger partial charge is 0.226 e.